The Morgan fingerprint density at radius 1 is 1.33 bits per heavy atom. The molecule has 1 fully saturated rings. The van der Waals surface area contributed by atoms with Crippen molar-refractivity contribution >= 4 is 34.2 Å². The molecule has 3 aromatic rings. The maximum absolute atomic E-state index is 5.67. The minimum atomic E-state index is 0.239. The molecule has 4 nitrogen and oxygen atoms in total. The molecule has 1 aliphatic rings. The molecule has 0 aliphatic heterocycles. The van der Waals surface area contributed by atoms with Crippen LogP contribution in [-0.4, -0.2) is 27.7 Å². The number of nitrogens with one attached hydrogen (secondary N) is 1. The smallest absolute Gasteiger partial charge is 0.178 e. The molecule has 0 amide bonds. The number of methoxy groups -OCH3 is 1. The highest BCUT2D eigenvalue weighted by atomic mass is 32.1. The number of aromatic amines is 1. The van der Waals surface area contributed by atoms with Gasteiger partial charge in [0, 0.05) is 12.5 Å². The fourth-order valence-electron chi connectivity index (χ4n) is 3.55. The van der Waals surface area contributed by atoms with Crippen LogP contribution in [0.4, 0.5) is 0 Å². The molecule has 2 heterocycles. The summed E-state index contributed by atoms with van der Waals surface area (Å²) in [5.41, 5.74) is 3.15. The van der Waals surface area contributed by atoms with Gasteiger partial charge in [-0.3, -0.25) is 4.98 Å². The molecule has 2 unspecified atom stereocenters. The van der Waals surface area contributed by atoms with Crippen molar-refractivity contribution in [3.8, 4) is 0 Å². The minimum Gasteiger partial charge on any atom is -0.379 e. The molecule has 21 heavy (non-hydrogen) atoms. The van der Waals surface area contributed by atoms with Crippen molar-refractivity contribution in [3.05, 3.63) is 35.2 Å². The Bertz CT molecular complexity index is 867. The summed E-state index contributed by atoms with van der Waals surface area (Å²) in [6.07, 6.45) is 5.50. The van der Waals surface area contributed by atoms with Crippen LogP contribution < -0.4 is 0 Å². The highest BCUT2D eigenvalue weighted by molar-refractivity contribution is 7.71. The number of fused-ring (bicyclic) bond motifs is 3. The van der Waals surface area contributed by atoms with Gasteiger partial charge in [-0.1, -0.05) is 18.2 Å². The zero-order valence-electron chi connectivity index (χ0n) is 11.9. The molecule has 4 rings (SSSR count). The monoisotopic (exact) mass is 299 g/mol. The van der Waals surface area contributed by atoms with Crippen molar-refractivity contribution in [2.75, 3.05) is 7.11 Å². The number of hydrogen-bond donors (Lipinski definition) is 1. The van der Waals surface area contributed by atoms with Crippen molar-refractivity contribution in [1.82, 2.24) is 14.5 Å². The first kappa shape index (κ1) is 13.0. The number of benzene rings is 1. The molecule has 108 valence electrons. The number of para-hydroxylation sites is 1. The molecule has 1 aliphatic carbocycles. The minimum absolute atomic E-state index is 0.239. The van der Waals surface area contributed by atoms with E-state index in [9.17, 15) is 0 Å². The molecule has 0 bridgehead atoms. The van der Waals surface area contributed by atoms with E-state index in [0.717, 1.165) is 39.5 Å². The molecule has 2 aromatic heterocycles. The van der Waals surface area contributed by atoms with Crippen molar-refractivity contribution in [1.29, 1.82) is 0 Å². The molecule has 0 radical (unpaired) electrons. The SMILES string of the molecule is COC1CCCC1n1c(=S)[nH]c2cnc3ccccc3c21. The lowest BCUT2D eigenvalue weighted by atomic mass is 10.1. The molecule has 2 atom stereocenters. The number of H-pyrrole nitrogens is 1. The van der Waals surface area contributed by atoms with Crippen molar-refractivity contribution in [2.45, 2.75) is 31.4 Å². The third-order valence-corrected chi connectivity index (χ3v) is 4.80. The Kier molecular flexibility index (Phi) is 3.05. The number of ether oxygens (including phenoxy) is 1. The van der Waals surface area contributed by atoms with E-state index in [0.29, 0.717) is 6.04 Å². The predicted molar refractivity (Wildman–Crippen MR) is 86.1 cm³/mol. The molecular weight excluding hydrogens is 282 g/mol. The van der Waals surface area contributed by atoms with Crippen LogP contribution in [0.5, 0.6) is 0 Å². The lowest BCUT2D eigenvalue weighted by Gasteiger charge is -2.21. The summed E-state index contributed by atoms with van der Waals surface area (Å²) in [4.78, 5) is 7.81. The summed E-state index contributed by atoms with van der Waals surface area (Å²) in [7, 11) is 1.79. The van der Waals surface area contributed by atoms with E-state index in [1.807, 2.05) is 24.4 Å². The highest BCUT2D eigenvalue weighted by Gasteiger charge is 2.30. The van der Waals surface area contributed by atoms with Gasteiger partial charge in [-0.15, -0.1) is 0 Å². The number of rotatable bonds is 2. The average Bonchev–Trinajstić information content (AvgIpc) is 3.09. The van der Waals surface area contributed by atoms with Crippen LogP contribution in [0, 0.1) is 4.77 Å². The third-order valence-electron chi connectivity index (χ3n) is 4.50. The summed E-state index contributed by atoms with van der Waals surface area (Å²) >= 11 is 5.58. The summed E-state index contributed by atoms with van der Waals surface area (Å²) in [6, 6.07) is 8.52. The Hall–Kier alpha value is -1.72. The highest BCUT2D eigenvalue weighted by Crippen LogP contribution is 2.36. The average molecular weight is 299 g/mol. The van der Waals surface area contributed by atoms with Gasteiger partial charge in [0.15, 0.2) is 4.77 Å². The molecule has 0 spiro atoms. The van der Waals surface area contributed by atoms with Gasteiger partial charge in [0.1, 0.15) is 0 Å². The molecule has 1 saturated carbocycles. The quantitative estimate of drug-likeness (QED) is 0.728. The Morgan fingerprint density at radius 2 is 2.19 bits per heavy atom. The first-order valence-corrected chi connectivity index (χ1v) is 7.71. The Morgan fingerprint density at radius 3 is 3.05 bits per heavy atom. The summed E-state index contributed by atoms with van der Waals surface area (Å²) in [5, 5.41) is 1.14. The van der Waals surface area contributed by atoms with Crippen LogP contribution >= 0.6 is 12.2 Å². The Labute approximate surface area is 127 Å². The summed E-state index contributed by atoms with van der Waals surface area (Å²) in [6.45, 7) is 0. The van der Waals surface area contributed by atoms with Gasteiger partial charge in [-0.2, -0.15) is 0 Å². The van der Waals surface area contributed by atoms with E-state index in [4.69, 9.17) is 17.0 Å². The fraction of sp³-hybridized carbons (Fsp3) is 0.375. The number of aromatic nitrogens is 3. The molecule has 5 heteroatoms. The molecular formula is C16H17N3OS. The summed E-state index contributed by atoms with van der Waals surface area (Å²) in [5.74, 6) is 0. The normalized spacial score (nSPS) is 22.3. The van der Waals surface area contributed by atoms with Gasteiger partial charge in [-0.25, -0.2) is 0 Å². The number of imidazole rings is 1. The maximum Gasteiger partial charge on any atom is 0.178 e. The van der Waals surface area contributed by atoms with Crippen molar-refractivity contribution in [3.63, 3.8) is 0 Å². The molecule has 1 aromatic carbocycles. The number of pyridine rings is 1. The second-order valence-corrected chi connectivity index (χ2v) is 6.00. The van der Waals surface area contributed by atoms with Crippen LogP contribution in [0.25, 0.3) is 21.9 Å². The molecule has 0 saturated heterocycles. The second-order valence-electron chi connectivity index (χ2n) is 5.61. The Balaban J connectivity index is 2.06. The standard InChI is InChI=1S/C16H17N3OS/c1-20-14-8-4-7-13(14)19-15-10-5-2-3-6-11(10)17-9-12(15)18-16(19)21/h2-3,5-6,9,13-14H,4,7-8H2,1H3,(H,18,21). The van der Waals surface area contributed by atoms with Crippen molar-refractivity contribution in [2.24, 2.45) is 0 Å². The zero-order valence-corrected chi connectivity index (χ0v) is 12.7. The van der Waals surface area contributed by atoms with Crippen molar-refractivity contribution < 1.29 is 4.74 Å². The van der Waals surface area contributed by atoms with Gasteiger partial charge in [0.05, 0.1) is 34.9 Å². The fourth-order valence-corrected chi connectivity index (χ4v) is 3.88. The van der Waals surface area contributed by atoms with Gasteiger partial charge < -0.3 is 14.3 Å². The van der Waals surface area contributed by atoms with E-state index in [-0.39, 0.29) is 6.10 Å². The van der Waals surface area contributed by atoms with Gasteiger partial charge in [-0.05, 0) is 37.5 Å². The topological polar surface area (TPSA) is 42.8 Å². The predicted octanol–water partition coefficient (Wildman–Crippen LogP) is 3.99. The van der Waals surface area contributed by atoms with Gasteiger partial charge >= 0.3 is 0 Å². The van der Waals surface area contributed by atoms with Crippen LogP contribution in [0.2, 0.25) is 0 Å². The van der Waals surface area contributed by atoms with E-state index < -0.39 is 0 Å². The van der Waals surface area contributed by atoms with Gasteiger partial charge in [0.2, 0.25) is 0 Å². The third kappa shape index (κ3) is 1.92. The van der Waals surface area contributed by atoms with E-state index in [1.54, 1.807) is 7.11 Å². The van der Waals surface area contributed by atoms with E-state index >= 15 is 0 Å². The number of hydrogen-bond acceptors (Lipinski definition) is 3. The van der Waals surface area contributed by atoms with Crippen LogP contribution in [-0.2, 0) is 4.74 Å². The van der Waals surface area contributed by atoms with Crippen LogP contribution in [0.3, 0.4) is 0 Å². The van der Waals surface area contributed by atoms with E-state index in [2.05, 4.69) is 20.6 Å². The maximum atomic E-state index is 5.67. The zero-order chi connectivity index (χ0) is 14.4. The summed E-state index contributed by atoms with van der Waals surface area (Å²) < 4.78 is 8.67. The molecule has 1 N–H and O–H groups in total. The van der Waals surface area contributed by atoms with Crippen LogP contribution in [0.15, 0.2) is 30.5 Å². The van der Waals surface area contributed by atoms with Crippen LogP contribution in [0.1, 0.15) is 25.3 Å². The number of nitrogens with zero attached hydrogens (tertiary/aromatic N) is 2. The lowest BCUT2D eigenvalue weighted by Crippen LogP contribution is -2.20. The largest absolute Gasteiger partial charge is 0.379 e. The second kappa shape index (κ2) is 4.93. The van der Waals surface area contributed by atoms with Gasteiger partial charge in [0.25, 0.3) is 0 Å². The first-order chi connectivity index (χ1) is 10.3. The lowest BCUT2D eigenvalue weighted by molar-refractivity contribution is 0.0758. The van der Waals surface area contributed by atoms with E-state index in [1.165, 1.54) is 6.42 Å². The first-order valence-electron chi connectivity index (χ1n) is 7.30.